The van der Waals surface area contributed by atoms with Crippen LogP contribution in [0.3, 0.4) is 0 Å². The summed E-state index contributed by atoms with van der Waals surface area (Å²) in [6.45, 7) is 5.85. The zero-order valence-electron chi connectivity index (χ0n) is 14.7. The molecule has 1 aliphatic heterocycles. The van der Waals surface area contributed by atoms with Gasteiger partial charge < -0.3 is 9.94 Å². The van der Waals surface area contributed by atoms with Gasteiger partial charge in [0.05, 0.1) is 24.5 Å². The first-order valence-electron chi connectivity index (χ1n) is 8.06. The Labute approximate surface area is 159 Å². The molecule has 1 unspecified atom stereocenters. The zero-order valence-corrected chi connectivity index (χ0v) is 16.3. The van der Waals surface area contributed by atoms with Crippen molar-refractivity contribution in [1.29, 1.82) is 0 Å². The van der Waals surface area contributed by atoms with Crippen LogP contribution in [0.5, 0.6) is 0 Å². The summed E-state index contributed by atoms with van der Waals surface area (Å²) in [5, 5.41) is 14.8. The van der Waals surface area contributed by atoms with E-state index in [2.05, 4.69) is 25.9 Å². The first-order valence-corrected chi connectivity index (χ1v) is 8.86. The van der Waals surface area contributed by atoms with Gasteiger partial charge in [0.2, 0.25) is 0 Å². The van der Waals surface area contributed by atoms with Gasteiger partial charge in [-0.05, 0) is 54.4 Å². The number of quaternary nitrogens is 1. The maximum Gasteiger partial charge on any atom is 0.338 e. The van der Waals surface area contributed by atoms with E-state index in [1.807, 2.05) is 32.9 Å². The van der Waals surface area contributed by atoms with Gasteiger partial charge in [-0.15, -0.1) is 0 Å². The molecule has 0 fully saturated rings. The Morgan fingerprint density at radius 2 is 1.96 bits per heavy atom. The van der Waals surface area contributed by atoms with Crippen LogP contribution in [0.4, 0.5) is 0 Å². The molecule has 0 spiro atoms. The van der Waals surface area contributed by atoms with E-state index in [1.165, 1.54) is 6.20 Å². The summed E-state index contributed by atoms with van der Waals surface area (Å²) >= 11 is 3.28. The van der Waals surface area contributed by atoms with E-state index in [-0.39, 0.29) is 11.1 Å². The molecule has 0 radical (unpaired) electrons. The number of fused-ring (bicyclic) bond motifs is 1. The number of benzene rings is 1. The Hall–Kier alpha value is -2.29. The molecule has 0 saturated carbocycles. The lowest BCUT2D eigenvalue weighted by Gasteiger charge is -2.31. The molecule has 1 atom stereocenters. The number of aromatic nitrogens is 2. The highest BCUT2D eigenvalue weighted by molar-refractivity contribution is 9.10. The van der Waals surface area contributed by atoms with Crippen molar-refractivity contribution in [2.75, 3.05) is 0 Å². The third kappa shape index (κ3) is 4.46. The molecular formula is C18H19BrN4O3. The van der Waals surface area contributed by atoms with Crippen molar-refractivity contribution in [1.82, 2.24) is 15.0 Å². The predicted molar refractivity (Wildman–Crippen MR) is 99.4 cm³/mol. The largest absolute Gasteiger partial charge is 0.603 e. The number of hydroxylamine groups is 1. The number of esters is 1. The van der Waals surface area contributed by atoms with Crippen LogP contribution >= 0.6 is 15.9 Å². The summed E-state index contributed by atoms with van der Waals surface area (Å²) in [5.41, 5.74) is 0.828. The van der Waals surface area contributed by atoms with Gasteiger partial charge in [0.1, 0.15) is 27.1 Å². The van der Waals surface area contributed by atoms with Crippen LogP contribution in [0.15, 0.2) is 35.1 Å². The minimum atomic E-state index is -0.538. The van der Waals surface area contributed by atoms with Crippen LogP contribution in [0.1, 0.15) is 36.7 Å². The fourth-order valence-electron chi connectivity index (χ4n) is 2.41. The van der Waals surface area contributed by atoms with Crippen LogP contribution in [0.25, 0.3) is 12.4 Å². The van der Waals surface area contributed by atoms with E-state index in [4.69, 9.17) is 4.74 Å². The lowest BCUT2D eigenvalue weighted by molar-refractivity contribution is -0.886. The first kappa shape index (κ1) is 18.5. The molecule has 2 heterocycles. The second kappa shape index (κ2) is 7.14. The van der Waals surface area contributed by atoms with E-state index >= 15 is 0 Å². The summed E-state index contributed by atoms with van der Waals surface area (Å²) in [5.74, 6) is -0.368. The van der Waals surface area contributed by atoms with Gasteiger partial charge in [0.25, 0.3) is 0 Å². The molecule has 0 saturated heterocycles. The lowest BCUT2D eigenvalue weighted by atomic mass is 10.1. The molecule has 1 aromatic heterocycles. The van der Waals surface area contributed by atoms with E-state index in [1.54, 1.807) is 29.5 Å². The zero-order chi connectivity index (χ0) is 18.9. The fourth-order valence-corrected chi connectivity index (χ4v) is 2.70. The first-order chi connectivity index (χ1) is 12.2. The standard InChI is InChI=1S/C18H19BrN4O3/c1-18(2,3)26-17(24)13-6-4-12(5-7-13)9-22-10-15-14(11-23(22)25)20-8-16(19)21-15/h4-8,10-11,23H,9H2,1-3H3. The number of carbonyl (C=O) groups is 1. The summed E-state index contributed by atoms with van der Waals surface area (Å²) in [4.78, 5) is 20.6. The number of hydrogen-bond donors (Lipinski definition) is 1. The molecule has 1 N–H and O–H groups in total. The minimum absolute atomic E-state index is 0.162. The van der Waals surface area contributed by atoms with Crippen molar-refractivity contribution in [3.8, 4) is 0 Å². The van der Waals surface area contributed by atoms with Gasteiger partial charge in [0.15, 0.2) is 0 Å². The number of rotatable bonds is 3. The molecule has 26 heavy (non-hydrogen) atoms. The van der Waals surface area contributed by atoms with Crippen LogP contribution in [-0.4, -0.2) is 26.5 Å². The number of hydrogen-bond acceptors (Lipinski definition) is 6. The molecule has 2 aromatic rings. The van der Waals surface area contributed by atoms with Gasteiger partial charge >= 0.3 is 5.97 Å². The van der Waals surface area contributed by atoms with Crippen molar-refractivity contribution in [3.05, 3.63) is 62.1 Å². The number of nitrogens with zero attached hydrogens (tertiary/aromatic N) is 3. The number of carbonyl (C=O) groups excluding carboxylic acids is 1. The van der Waals surface area contributed by atoms with E-state index in [0.29, 0.717) is 27.4 Å². The van der Waals surface area contributed by atoms with E-state index in [9.17, 15) is 10.0 Å². The Bertz CT molecular complexity index is 938. The Balaban J connectivity index is 1.76. The third-order valence-electron chi connectivity index (χ3n) is 3.56. The molecule has 1 aliphatic rings. The fraction of sp³-hybridized carbons (Fsp3) is 0.278. The number of nitrogens with one attached hydrogen (secondary N) is 1. The molecule has 1 aromatic carbocycles. The summed E-state index contributed by atoms with van der Waals surface area (Å²) in [6.07, 6.45) is 4.70. The monoisotopic (exact) mass is 418 g/mol. The quantitative estimate of drug-likeness (QED) is 0.576. The Kier molecular flexibility index (Phi) is 5.08. The van der Waals surface area contributed by atoms with Crippen LogP contribution in [0.2, 0.25) is 0 Å². The van der Waals surface area contributed by atoms with Crippen molar-refractivity contribution < 1.29 is 14.7 Å². The Morgan fingerprint density at radius 1 is 1.27 bits per heavy atom. The summed E-state index contributed by atoms with van der Waals surface area (Å²) < 4.78 is 5.95. The van der Waals surface area contributed by atoms with Gasteiger partial charge in [-0.1, -0.05) is 12.1 Å². The Morgan fingerprint density at radius 3 is 2.62 bits per heavy atom. The van der Waals surface area contributed by atoms with Gasteiger partial charge in [0, 0.05) is 0 Å². The maximum absolute atomic E-state index is 12.3. The highest BCUT2D eigenvalue weighted by Crippen LogP contribution is 2.13. The molecule has 0 bridgehead atoms. The summed E-state index contributed by atoms with van der Waals surface area (Å²) in [7, 11) is 0. The second-order valence-corrected chi connectivity index (χ2v) is 7.71. The van der Waals surface area contributed by atoms with Crippen LogP contribution < -0.4 is 15.9 Å². The topological polar surface area (TPSA) is 82.8 Å². The normalized spacial score (nSPS) is 16.3. The molecule has 3 rings (SSSR count). The molecule has 7 nitrogen and oxygen atoms in total. The minimum Gasteiger partial charge on any atom is -0.603 e. The molecular weight excluding hydrogens is 400 g/mol. The van der Waals surface area contributed by atoms with Crippen molar-refractivity contribution in [3.63, 3.8) is 0 Å². The van der Waals surface area contributed by atoms with Crippen molar-refractivity contribution in [2.24, 2.45) is 0 Å². The van der Waals surface area contributed by atoms with Crippen LogP contribution in [-0.2, 0) is 11.3 Å². The molecule has 0 amide bonds. The van der Waals surface area contributed by atoms with Gasteiger partial charge in [-0.25, -0.2) is 24.9 Å². The van der Waals surface area contributed by atoms with Gasteiger partial charge in [-0.2, -0.15) is 0 Å². The predicted octanol–water partition coefficient (Wildman–Crippen LogP) is 0.484. The average molecular weight is 419 g/mol. The number of halogens is 1. The molecule has 0 aliphatic carbocycles. The van der Waals surface area contributed by atoms with Crippen molar-refractivity contribution >= 4 is 34.3 Å². The van der Waals surface area contributed by atoms with Gasteiger partial charge in [-0.3, -0.25) is 0 Å². The van der Waals surface area contributed by atoms with E-state index in [0.717, 1.165) is 5.56 Å². The third-order valence-corrected chi connectivity index (χ3v) is 3.94. The van der Waals surface area contributed by atoms with Crippen molar-refractivity contribution in [2.45, 2.75) is 32.9 Å². The van der Waals surface area contributed by atoms with Crippen LogP contribution in [0, 0.1) is 5.21 Å². The van der Waals surface area contributed by atoms with E-state index < -0.39 is 5.60 Å². The summed E-state index contributed by atoms with van der Waals surface area (Å²) in [6, 6.07) is 7.02. The highest BCUT2D eigenvalue weighted by atomic mass is 79.9. The SMILES string of the molecule is CC(C)(C)OC(=O)c1ccc(CN2C=c3nc(Br)cnc3=C[NH+]2[O-])cc1. The molecule has 8 heteroatoms. The number of ether oxygens (including phenoxy) is 1. The average Bonchev–Trinajstić information content (AvgIpc) is 2.55. The maximum atomic E-state index is 12.3. The lowest BCUT2D eigenvalue weighted by Crippen LogP contribution is -3.09. The highest BCUT2D eigenvalue weighted by Gasteiger charge is 2.18. The smallest absolute Gasteiger partial charge is 0.338 e. The second-order valence-electron chi connectivity index (χ2n) is 6.90. The molecule has 136 valence electrons.